The molecule has 1 N–H and O–H groups in total. The second-order valence-electron chi connectivity index (χ2n) is 6.43. The van der Waals surface area contributed by atoms with Gasteiger partial charge in [-0.1, -0.05) is 25.0 Å². The van der Waals surface area contributed by atoms with Crippen molar-refractivity contribution in [3.05, 3.63) is 54.0 Å². The van der Waals surface area contributed by atoms with Gasteiger partial charge in [0.25, 0.3) is 5.91 Å². The number of rotatable bonds is 6. The first-order chi connectivity index (χ1) is 12.3. The van der Waals surface area contributed by atoms with Crippen LogP contribution in [0.4, 0.5) is 0 Å². The van der Waals surface area contributed by atoms with Crippen LogP contribution in [0.1, 0.15) is 47.8 Å². The predicted molar refractivity (Wildman–Crippen MR) is 96.8 cm³/mol. The van der Waals surface area contributed by atoms with Crippen LogP contribution in [-0.4, -0.2) is 37.6 Å². The first-order valence-corrected chi connectivity index (χ1v) is 8.97. The number of ether oxygens (including phenoxy) is 1. The average Bonchev–Trinajstić information content (AvgIpc) is 3.06. The molecule has 1 aromatic heterocycles. The molecule has 1 atom stereocenters. The number of furan rings is 1. The van der Waals surface area contributed by atoms with Crippen LogP contribution in [0.3, 0.4) is 0 Å². The predicted octanol–water partition coefficient (Wildman–Crippen LogP) is 3.64. The van der Waals surface area contributed by atoms with Crippen LogP contribution in [-0.2, 0) is 0 Å². The molecule has 0 radical (unpaired) electrons. The molecule has 1 aromatic carbocycles. The molecule has 0 aliphatic carbocycles. The summed E-state index contributed by atoms with van der Waals surface area (Å²) < 4.78 is 10.5. The van der Waals surface area contributed by atoms with Crippen molar-refractivity contribution in [2.24, 2.45) is 0 Å². The lowest BCUT2D eigenvalue weighted by atomic mass is 10.0. The van der Waals surface area contributed by atoms with Crippen molar-refractivity contribution in [2.45, 2.75) is 31.7 Å². The Labute approximate surface area is 149 Å². The molecule has 2 aromatic rings. The number of nitrogens with one attached hydrogen (secondary N) is 1. The fraction of sp³-hybridized carbons (Fsp3) is 0.450. The van der Waals surface area contributed by atoms with Crippen molar-refractivity contribution >= 4 is 5.91 Å². The highest BCUT2D eigenvalue weighted by atomic mass is 16.5. The van der Waals surface area contributed by atoms with Crippen molar-refractivity contribution in [3.8, 4) is 5.75 Å². The van der Waals surface area contributed by atoms with Gasteiger partial charge in [0.05, 0.1) is 19.4 Å². The maximum Gasteiger partial charge on any atom is 0.287 e. The van der Waals surface area contributed by atoms with Gasteiger partial charge in [0.1, 0.15) is 5.75 Å². The molecule has 5 nitrogen and oxygen atoms in total. The van der Waals surface area contributed by atoms with Crippen LogP contribution >= 0.6 is 0 Å². The smallest absolute Gasteiger partial charge is 0.287 e. The molecular weight excluding hydrogens is 316 g/mol. The van der Waals surface area contributed by atoms with E-state index in [0.717, 1.165) is 18.8 Å². The number of hydrogen-bond donors (Lipinski definition) is 1. The minimum atomic E-state index is -0.168. The molecule has 1 aliphatic heterocycles. The average molecular weight is 342 g/mol. The van der Waals surface area contributed by atoms with Gasteiger partial charge in [-0.05, 0) is 55.8 Å². The van der Waals surface area contributed by atoms with Crippen LogP contribution in [0.2, 0.25) is 0 Å². The third-order valence-electron chi connectivity index (χ3n) is 4.78. The molecule has 1 unspecified atom stereocenters. The molecule has 5 heteroatoms. The number of amides is 1. The van der Waals surface area contributed by atoms with Crippen molar-refractivity contribution in [2.75, 3.05) is 26.7 Å². The quantitative estimate of drug-likeness (QED) is 0.871. The number of hydrogen-bond acceptors (Lipinski definition) is 4. The van der Waals surface area contributed by atoms with Gasteiger partial charge in [-0.25, -0.2) is 0 Å². The van der Waals surface area contributed by atoms with Crippen LogP contribution in [0.25, 0.3) is 0 Å². The van der Waals surface area contributed by atoms with Gasteiger partial charge in [0.2, 0.25) is 0 Å². The van der Waals surface area contributed by atoms with Gasteiger partial charge in [-0.3, -0.25) is 9.69 Å². The van der Waals surface area contributed by atoms with E-state index in [1.165, 1.54) is 37.5 Å². The standard InChI is InChI=1S/C20H26N2O3/c1-24-17-10-8-16(9-11-17)18(22-12-4-2-3-5-13-22)15-21-20(23)19-7-6-14-25-19/h6-11,14,18H,2-5,12-13,15H2,1H3,(H,21,23). The fourth-order valence-corrected chi connectivity index (χ4v) is 3.37. The van der Waals surface area contributed by atoms with Crippen molar-refractivity contribution in [3.63, 3.8) is 0 Å². The normalized spacial score (nSPS) is 16.8. The second-order valence-corrected chi connectivity index (χ2v) is 6.43. The summed E-state index contributed by atoms with van der Waals surface area (Å²) in [5, 5.41) is 3.02. The van der Waals surface area contributed by atoms with Crippen LogP contribution < -0.4 is 10.1 Å². The largest absolute Gasteiger partial charge is 0.497 e. The van der Waals surface area contributed by atoms with Crippen molar-refractivity contribution in [1.29, 1.82) is 0 Å². The van der Waals surface area contributed by atoms with Gasteiger partial charge in [0.15, 0.2) is 5.76 Å². The Morgan fingerprint density at radius 3 is 2.48 bits per heavy atom. The van der Waals surface area contributed by atoms with Gasteiger partial charge < -0.3 is 14.5 Å². The molecule has 0 saturated carbocycles. The topological polar surface area (TPSA) is 54.7 Å². The molecule has 1 fully saturated rings. The third kappa shape index (κ3) is 4.63. The van der Waals surface area contributed by atoms with Crippen LogP contribution in [0.5, 0.6) is 5.75 Å². The summed E-state index contributed by atoms with van der Waals surface area (Å²) >= 11 is 0. The van der Waals surface area contributed by atoms with E-state index < -0.39 is 0 Å². The Bertz CT molecular complexity index is 644. The molecule has 3 rings (SSSR count). The van der Waals surface area contributed by atoms with E-state index in [9.17, 15) is 4.79 Å². The zero-order chi connectivity index (χ0) is 17.5. The Morgan fingerprint density at radius 2 is 1.88 bits per heavy atom. The van der Waals surface area contributed by atoms with E-state index in [1.807, 2.05) is 12.1 Å². The summed E-state index contributed by atoms with van der Waals surface area (Å²) in [6.45, 7) is 2.69. The lowest BCUT2D eigenvalue weighted by Gasteiger charge is -2.31. The summed E-state index contributed by atoms with van der Waals surface area (Å²) in [7, 11) is 1.67. The van der Waals surface area contributed by atoms with E-state index in [0.29, 0.717) is 12.3 Å². The van der Waals surface area contributed by atoms with Crippen molar-refractivity contribution < 1.29 is 13.9 Å². The van der Waals surface area contributed by atoms with Crippen LogP contribution in [0.15, 0.2) is 47.1 Å². The molecule has 25 heavy (non-hydrogen) atoms. The number of likely N-dealkylation sites (tertiary alicyclic amines) is 1. The SMILES string of the molecule is COc1ccc(C(CNC(=O)c2ccco2)N2CCCCCC2)cc1. The Kier molecular flexibility index (Phi) is 6.12. The third-order valence-corrected chi connectivity index (χ3v) is 4.78. The van der Waals surface area contributed by atoms with E-state index in [4.69, 9.17) is 9.15 Å². The Balaban J connectivity index is 1.74. The molecule has 0 spiro atoms. The fourth-order valence-electron chi connectivity index (χ4n) is 3.37. The summed E-state index contributed by atoms with van der Waals surface area (Å²) in [5.41, 5.74) is 1.20. The Morgan fingerprint density at radius 1 is 1.16 bits per heavy atom. The molecule has 134 valence electrons. The monoisotopic (exact) mass is 342 g/mol. The van der Waals surface area contributed by atoms with Gasteiger partial charge in [-0.2, -0.15) is 0 Å². The molecular formula is C20H26N2O3. The van der Waals surface area contributed by atoms with Gasteiger partial charge in [0, 0.05) is 6.54 Å². The number of benzene rings is 1. The van der Waals surface area contributed by atoms with E-state index in [-0.39, 0.29) is 11.9 Å². The molecule has 0 bridgehead atoms. The van der Waals surface area contributed by atoms with Gasteiger partial charge >= 0.3 is 0 Å². The highest BCUT2D eigenvalue weighted by Gasteiger charge is 2.23. The molecule has 2 heterocycles. The van der Waals surface area contributed by atoms with E-state index >= 15 is 0 Å². The zero-order valence-electron chi connectivity index (χ0n) is 14.7. The van der Waals surface area contributed by atoms with Gasteiger partial charge in [-0.15, -0.1) is 0 Å². The summed E-state index contributed by atoms with van der Waals surface area (Å²) in [6, 6.07) is 11.7. The van der Waals surface area contributed by atoms with E-state index in [1.54, 1.807) is 19.2 Å². The first kappa shape index (κ1) is 17.5. The number of nitrogens with zero attached hydrogens (tertiary/aromatic N) is 1. The lowest BCUT2D eigenvalue weighted by molar-refractivity contribution is 0.0905. The maximum atomic E-state index is 12.2. The maximum absolute atomic E-state index is 12.2. The minimum Gasteiger partial charge on any atom is -0.497 e. The lowest BCUT2D eigenvalue weighted by Crippen LogP contribution is -2.38. The first-order valence-electron chi connectivity index (χ1n) is 8.97. The summed E-state index contributed by atoms with van der Waals surface area (Å²) in [6.07, 6.45) is 6.50. The molecule has 1 amide bonds. The highest BCUT2D eigenvalue weighted by Crippen LogP contribution is 2.25. The summed E-state index contributed by atoms with van der Waals surface area (Å²) in [4.78, 5) is 14.7. The molecule has 1 aliphatic rings. The number of carbonyl (C=O) groups is 1. The highest BCUT2D eigenvalue weighted by molar-refractivity contribution is 5.91. The Hall–Kier alpha value is -2.27. The van der Waals surface area contributed by atoms with E-state index in [2.05, 4.69) is 22.3 Å². The second kappa shape index (κ2) is 8.72. The zero-order valence-corrected chi connectivity index (χ0v) is 14.7. The molecule has 1 saturated heterocycles. The minimum absolute atomic E-state index is 0.155. The van der Waals surface area contributed by atoms with Crippen LogP contribution in [0, 0.1) is 0 Å². The number of carbonyl (C=O) groups excluding carboxylic acids is 1. The number of methoxy groups -OCH3 is 1. The van der Waals surface area contributed by atoms with Crippen molar-refractivity contribution in [1.82, 2.24) is 10.2 Å². The summed E-state index contributed by atoms with van der Waals surface area (Å²) in [5.74, 6) is 1.03.